The van der Waals surface area contributed by atoms with Gasteiger partial charge < -0.3 is 5.32 Å². The van der Waals surface area contributed by atoms with Crippen molar-refractivity contribution in [3.8, 4) is 0 Å². The van der Waals surface area contributed by atoms with Crippen LogP contribution in [0.4, 0.5) is 5.69 Å². The van der Waals surface area contributed by atoms with E-state index in [0.29, 0.717) is 12.8 Å². The molecule has 5 nitrogen and oxygen atoms in total. The minimum atomic E-state index is 0.0507. The lowest BCUT2D eigenvalue weighted by atomic mass is 9.99. The molecule has 1 N–H and O–H groups in total. The molecular formula is C22H26N4O. The van der Waals surface area contributed by atoms with Gasteiger partial charge in [-0.3, -0.25) is 9.48 Å². The number of benzene rings is 1. The van der Waals surface area contributed by atoms with Crippen LogP contribution in [0.3, 0.4) is 0 Å². The van der Waals surface area contributed by atoms with Crippen molar-refractivity contribution in [3.63, 3.8) is 0 Å². The highest BCUT2D eigenvalue weighted by molar-refractivity contribution is 5.91. The number of rotatable bonds is 4. The van der Waals surface area contributed by atoms with Gasteiger partial charge in [-0.1, -0.05) is 6.07 Å². The van der Waals surface area contributed by atoms with Crippen molar-refractivity contribution in [2.75, 3.05) is 5.32 Å². The molecule has 1 amide bonds. The first-order valence-electron chi connectivity index (χ1n) is 9.65. The highest BCUT2D eigenvalue weighted by Crippen LogP contribution is 2.27. The Hall–Kier alpha value is -2.69. The smallest absolute Gasteiger partial charge is 0.224 e. The third kappa shape index (κ3) is 3.22. The molecule has 0 unspecified atom stereocenters. The predicted molar refractivity (Wildman–Crippen MR) is 108 cm³/mol. The molecule has 0 spiro atoms. The molecule has 0 atom stereocenters. The maximum absolute atomic E-state index is 12.5. The Bertz CT molecular complexity index is 1050. The molecule has 2 heterocycles. The number of nitrogens with zero attached hydrogens (tertiary/aromatic N) is 3. The Morgan fingerprint density at radius 1 is 1.15 bits per heavy atom. The van der Waals surface area contributed by atoms with Gasteiger partial charge in [-0.25, -0.2) is 4.98 Å². The molecule has 0 aliphatic heterocycles. The standard InChI is InChI=1S/C22H26N4O/c1-13-19(14(2)23-22-21(13)15(3)25-26(22)4)10-11-20(27)24-18-9-8-16-6-5-7-17(16)12-18/h8-9,12H,5-7,10-11H2,1-4H3,(H,24,27). The zero-order valence-corrected chi connectivity index (χ0v) is 16.5. The number of hydrogen-bond donors (Lipinski definition) is 1. The van der Waals surface area contributed by atoms with E-state index in [1.807, 2.05) is 31.6 Å². The van der Waals surface area contributed by atoms with E-state index in [4.69, 9.17) is 4.98 Å². The molecule has 1 aliphatic rings. The fourth-order valence-electron chi connectivity index (χ4n) is 4.34. The van der Waals surface area contributed by atoms with E-state index in [-0.39, 0.29) is 5.91 Å². The van der Waals surface area contributed by atoms with Gasteiger partial charge in [0.25, 0.3) is 0 Å². The minimum Gasteiger partial charge on any atom is -0.326 e. The quantitative estimate of drug-likeness (QED) is 0.764. The van der Waals surface area contributed by atoms with E-state index < -0.39 is 0 Å². The van der Waals surface area contributed by atoms with Crippen LogP contribution in [0, 0.1) is 20.8 Å². The summed E-state index contributed by atoms with van der Waals surface area (Å²) in [7, 11) is 1.92. The lowest BCUT2D eigenvalue weighted by Crippen LogP contribution is -2.13. The van der Waals surface area contributed by atoms with Crippen LogP contribution in [0.25, 0.3) is 11.0 Å². The highest BCUT2D eigenvalue weighted by atomic mass is 16.1. The molecule has 0 radical (unpaired) electrons. The van der Waals surface area contributed by atoms with Crippen molar-refractivity contribution >= 4 is 22.6 Å². The van der Waals surface area contributed by atoms with Gasteiger partial charge in [0.2, 0.25) is 5.91 Å². The summed E-state index contributed by atoms with van der Waals surface area (Å²) in [5, 5.41) is 8.65. The number of aryl methyl sites for hydroxylation is 6. The second-order valence-corrected chi connectivity index (χ2v) is 7.59. The number of nitrogens with one attached hydrogen (secondary N) is 1. The van der Waals surface area contributed by atoms with E-state index >= 15 is 0 Å². The molecule has 0 saturated carbocycles. The zero-order chi connectivity index (χ0) is 19.1. The van der Waals surface area contributed by atoms with Crippen LogP contribution in [0.5, 0.6) is 0 Å². The molecule has 0 fully saturated rings. The molecule has 0 saturated heterocycles. The Labute approximate surface area is 159 Å². The van der Waals surface area contributed by atoms with Crippen LogP contribution in [0.2, 0.25) is 0 Å². The van der Waals surface area contributed by atoms with Crippen molar-refractivity contribution in [2.24, 2.45) is 7.05 Å². The first-order chi connectivity index (χ1) is 12.9. The Morgan fingerprint density at radius 3 is 2.74 bits per heavy atom. The van der Waals surface area contributed by atoms with E-state index in [9.17, 15) is 4.79 Å². The van der Waals surface area contributed by atoms with Gasteiger partial charge in [-0.05, 0) is 80.8 Å². The molecule has 0 bridgehead atoms. The molecule has 3 aromatic rings. The minimum absolute atomic E-state index is 0.0507. The lowest BCUT2D eigenvalue weighted by molar-refractivity contribution is -0.116. The normalized spacial score (nSPS) is 13.2. The van der Waals surface area contributed by atoms with Crippen molar-refractivity contribution in [1.82, 2.24) is 14.8 Å². The number of anilines is 1. The topological polar surface area (TPSA) is 59.8 Å². The Balaban J connectivity index is 1.50. The van der Waals surface area contributed by atoms with Crippen LogP contribution in [-0.4, -0.2) is 20.7 Å². The first kappa shape index (κ1) is 17.7. The number of amides is 1. The van der Waals surface area contributed by atoms with Gasteiger partial charge in [0.1, 0.15) is 0 Å². The fraction of sp³-hybridized carbons (Fsp3) is 0.409. The summed E-state index contributed by atoms with van der Waals surface area (Å²) in [4.78, 5) is 17.2. The van der Waals surface area contributed by atoms with E-state index in [0.717, 1.165) is 46.5 Å². The van der Waals surface area contributed by atoms with Gasteiger partial charge >= 0.3 is 0 Å². The number of fused-ring (bicyclic) bond motifs is 2. The fourth-order valence-corrected chi connectivity index (χ4v) is 4.34. The monoisotopic (exact) mass is 362 g/mol. The molecule has 140 valence electrons. The van der Waals surface area contributed by atoms with Crippen LogP contribution < -0.4 is 5.32 Å². The number of aromatic nitrogens is 3. The average molecular weight is 362 g/mol. The first-order valence-corrected chi connectivity index (χ1v) is 9.65. The summed E-state index contributed by atoms with van der Waals surface area (Å²) in [6.45, 7) is 6.14. The molecular weight excluding hydrogens is 336 g/mol. The number of hydrogen-bond acceptors (Lipinski definition) is 3. The van der Waals surface area contributed by atoms with Gasteiger partial charge in [-0.15, -0.1) is 0 Å². The number of carbonyl (C=O) groups is 1. The van der Waals surface area contributed by atoms with Crippen LogP contribution >= 0.6 is 0 Å². The van der Waals surface area contributed by atoms with Crippen molar-refractivity contribution < 1.29 is 4.79 Å². The summed E-state index contributed by atoms with van der Waals surface area (Å²) in [5.41, 5.74) is 8.93. The van der Waals surface area contributed by atoms with E-state index in [2.05, 4.69) is 29.5 Å². The van der Waals surface area contributed by atoms with Gasteiger partial charge in [0.15, 0.2) is 5.65 Å². The van der Waals surface area contributed by atoms with Crippen LogP contribution in [0.15, 0.2) is 18.2 Å². The molecule has 27 heavy (non-hydrogen) atoms. The summed E-state index contributed by atoms with van der Waals surface area (Å²) in [5.74, 6) is 0.0507. The Kier molecular flexibility index (Phi) is 4.46. The van der Waals surface area contributed by atoms with Crippen molar-refractivity contribution in [1.29, 1.82) is 0 Å². The number of carbonyl (C=O) groups excluding carboxylic acids is 1. The third-order valence-electron chi connectivity index (χ3n) is 5.71. The van der Waals surface area contributed by atoms with Crippen molar-refractivity contribution in [2.45, 2.75) is 52.9 Å². The predicted octanol–water partition coefficient (Wildman–Crippen LogP) is 3.95. The van der Waals surface area contributed by atoms with E-state index in [1.165, 1.54) is 23.1 Å². The third-order valence-corrected chi connectivity index (χ3v) is 5.71. The van der Waals surface area contributed by atoms with Crippen LogP contribution in [0.1, 0.15) is 46.5 Å². The summed E-state index contributed by atoms with van der Waals surface area (Å²) < 4.78 is 1.83. The SMILES string of the molecule is Cc1nc2c(c(C)nn2C)c(C)c1CCC(=O)Nc1ccc2c(c1)CCC2. The average Bonchev–Trinajstić information content (AvgIpc) is 3.18. The maximum atomic E-state index is 12.5. The molecule has 2 aromatic heterocycles. The summed E-state index contributed by atoms with van der Waals surface area (Å²) in [6, 6.07) is 6.30. The highest BCUT2D eigenvalue weighted by Gasteiger charge is 2.16. The Morgan fingerprint density at radius 2 is 1.93 bits per heavy atom. The molecule has 1 aliphatic carbocycles. The largest absolute Gasteiger partial charge is 0.326 e. The lowest BCUT2D eigenvalue weighted by Gasteiger charge is -2.12. The van der Waals surface area contributed by atoms with Gasteiger partial charge in [-0.2, -0.15) is 5.10 Å². The van der Waals surface area contributed by atoms with E-state index in [1.54, 1.807) is 0 Å². The maximum Gasteiger partial charge on any atom is 0.224 e. The summed E-state index contributed by atoms with van der Waals surface area (Å²) in [6.07, 6.45) is 4.63. The second kappa shape index (κ2) is 6.80. The van der Waals surface area contributed by atoms with Gasteiger partial charge in [0.05, 0.1) is 5.69 Å². The van der Waals surface area contributed by atoms with Gasteiger partial charge in [0, 0.05) is 30.2 Å². The molecule has 5 heteroatoms. The van der Waals surface area contributed by atoms with Crippen molar-refractivity contribution in [3.05, 3.63) is 51.8 Å². The van der Waals surface area contributed by atoms with Crippen LogP contribution in [-0.2, 0) is 31.1 Å². The number of pyridine rings is 1. The summed E-state index contributed by atoms with van der Waals surface area (Å²) >= 11 is 0. The second-order valence-electron chi connectivity index (χ2n) is 7.59. The zero-order valence-electron chi connectivity index (χ0n) is 16.5. The molecule has 1 aromatic carbocycles. The molecule has 4 rings (SSSR count).